The van der Waals surface area contributed by atoms with E-state index < -0.39 is 18.1 Å². The number of carbonyl (C=O) groups excluding carboxylic acids is 1. The third kappa shape index (κ3) is 2.91. The summed E-state index contributed by atoms with van der Waals surface area (Å²) in [6.45, 7) is 1.73. The number of aliphatic hydroxyl groups excluding tert-OH is 2. The maximum absolute atomic E-state index is 10.6. The summed E-state index contributed by atoms with van der Waals surface area (Å²) in [6.07, 6.45) is -1.38. The number of rotatable bonds is 4. The molecule has 1 aromatic rings. The molecule has 2 unspecified atom stereocenters. The highest BCUT2D eigenvalue weighted by Gasteiger charge is 2.21. The zero-order chi connectivity index (χ0) is 12.3. The Labute approximate surface area is 92.9 Å². The van der Waals surface area contributed by atoms with Crippen LogP contribution < -0.4 is 11.5 Å². The number of carbonyl (C=O) groups is 1. The zero-order valence-electron chi connectivity index (χ0n) is 8.92. The minimum absolute atomic E-state index is 0.311. The molecule has 2 atom stereocenters. The van der Waals surface area contributed by atoms with Crippen LogP contribution in [0, 0.1) is 6.92 Å². The normalized spacial score (nSPS) is 14.4. The van der Waals surface area contributed by atoms with Gasteiger partial charge in [-0.1, -0.05) is 0 Å². The van der Waals surface area contributed by atoms with Crippen molar-refractivity contribution in [2.75, 3.05) is 5.73 Å². The second-order valence-corrected chi connectivity index (χ2v) is 3.63. The van der Waals surface area contributed by atoms with E-state index in [4.69, 9.17) is 11.5 Å². The van der Waals surface area contributed by atoms with Gasteiger partial charge in [-0.25, -0.2) is 0 Å². The van der Waals surface area contributed by atoms with Gasteiger partial charge in [0, 0.05) is 11.8 Å². The smallest absolute Gasteiger partial charge is 0.220 e. The molecule has 0 aliphatic heterocycles. The number of pyridine rings is 1. The molecule has 0 saturated carbocycles. The summed E-state index contributed by atoms with van der Waals surface area (Å²) >= 11 is 0. The van der Waals surface area contributed by atoms with Crippen LogP contribution in [0.25, 0.3) is 0 Å². The van der Waals surface area contributed by atoms with Gasteiger partial charge in [-0.05, 0) is 13.0 Å². The second kappa shape index (κ2) is 4.91. The Hall–Kier alpha value is -1.66. The van der Waals surface area contributed by atoms with E-state index >= 15 is 0 Å². The van der Waals surface area contributed by atoms with Crippen LogP contribution in [0.3, 0.4) is 0 Å². The highest BCUT2D eigenvalue weighted by Crippen LogP contribution is 2.21. The van der Waals surface area contributed by atoms with E-state index in [2.05, 4.69) is 4.98 Å². The fraction of sp³-hybridized carbons (Fsp3) is 0.400. The number of hydrogen-bond donors (Lipinski definition) is 4. The van der Waals surface area contributed by atoms with Gasteiger partial charge in [0.25, 0.3) is 0 Å². The first kappa shape index (κ1) is 12.4. The minimum atomic E-state index is -1.25. The number of amides is 1. The SMILES string of the molecule is Cc1ncc(C(O)C(O)CC(N)=O)cc1N. The number of anilines is 1. The first-order chi connectivity index (χ1) is 7.41. The molecule has 1 aromatic heterocycles. The predicted octanol–water partition coefficient (Wildman–Crippen LogP) is -0.758. The van der Waals surface area contributed by atoms with Gasteiger partial charge in [-0.2, -0.15) is 0 Å². The molecule has 6 heteroatoms. The lowest BCUT2D eigenvalue weighted by atomic mass is 10.0. The third-order valence-electron chi connectivity index (χ3n) is 2.26. The van der Waals surface area contributed by atoms with Crippen LogP contribution in [0.5, 0.6) is 0 Å². The largest absolute Gasteiger partial charge is 0.397 e. The quantitative estimate of drug-likeness (QED) is 0.536. The van der Waals surface area contributed by atoms with Crippen molar-refractivity contribution in [1.82, 2.24) is 4.98 Å². The zero-order valence-corrected chi connectivity index (χ0v) is 8.92. The number of aryl methyl sites for hydroxylation is 1. The molecule has 0 fully saturated rings. The Morgan fingerprint density at radius 1 is 1.56 bits per heavy atom. The van der Waals surface area contributed by atoms with Crippen LogP contribution in [0.2, 0.25) is 0 Å². The van der Waals surface area contributed by atoms with E-state index in [1.54, 1.807) is 6.92 Å². The average molecular weight is 225 g/mol. The fourth-order valence-electron chi connectivity index (χ4n) is 1.27. The van der Waals surface area contributed by atoms with Gasteiger partial charge >= 0.3 is 0 Å². The molecule has 1 heterocycles. The lowest BCUT2D eigenvalue weighted by Gasteiger charge is -2.17. The van der Waals surface area contributed by atoms with Crippen LogP contribution in [-0.2, 0) is 4.79 Å². The van der Waals surface area contributed by atoms with Gasteiger partial charge < -0.3 is 21.7 Å². The van der Waals surface area contributed by atoms with Crippen molar-refractivity contribution in [3.05, 3.63) is 23.5 Å². The van der Waals surface area contributed by atoms with Crippen LogP contribution >= 0.6 is 0 Å². The lowest BCUT2D eigenvalue weighted by molar-refractivity contribution is -0.121. The molecule has 1 amide bonds. The molecule has 0 aliphatic rings. The molecule has 6 nitrogen and oxygen atoms in total. The molecular formula is C10H15N3O3. The molecule has 0 spiro atoms. The number of nitrogens with zero attached hydrogens (tertiary/aromatic N) is 1. The number of aromatic nitrogens is 1. The summed E-state index contributed by atoms with van der Waals surface area (Å²) in [5.41, 5.74) is 11.9. The van der Waals surface area contributed by atoms with E-state index in [9.17, 15) is 15.0 Å². The van der Waals surface area contributed by atoms with Crippen molar-refractivity contribution in [2.45, 2.75) is 25.6 Å². The second-order valence-electron chi connectivity index (χ2n) is 3.63. The number of hydrogen-bond acceptors (Lipinski definition) is 5. The molecule has 0 saturated heterocycles. The van der Waals surface area contributed by atoms with Crippen molar-refractivity contribution < 1.29 is 15.0 Å². The Bertz CT molecular complexity index is 395. The van der Waals surface area contributed by atoms with Crippen LogP contribution in [0.4, 0.5) is 5.69 Å². The van der Waals surface area contributed by atoms with Crippen molar-refractivity contribution in [1.29, 1.82) is 0 Å². The van der Waals surface area contributed by atoms with Crippen LogP contribution in [0.1, 0.15) is 23.8 Å². The van der Waals surface area contributed by atoms with Crippen LogP contribution in [-0.4, -0.2) is 27.2 Å². The van der Waals surface area contributed by atoms with Crippen LogP contribution in [0.15, 0.2) is 12.3 Å². The Kier molecular flexibility index (Phi) is 3.81. The van der Waals surface area contributed by atoms with Crippen molar-refractivity contribution in [3.63, 3.8) is 0 Å². The summed E-state index contributed by atoms with van der Waals surface area (Å²) in [6, 6.07) is 1.51. The average Bonchev–Trinajstić information content (AvgIpc) is 2.20. The molecule has 0 radical (unpaired) electrons. The summed E-state index contributed by atoms with van der Waals surface area (Å²) in [5, 5.41) is 19.2. The van der Waals surface area contributed by atoms with E-state index in [1.165, 1.54) is 12.3 Å². The first-order valence-electron chi connectivity index (χ1n) is 4.78. The molecular weight excluding hydrogens is 210 g/mol. The van der Waals surface area contributed by atoms with Gasteiger partial charge in [0.05, 0.1) is 23.9 Å². The fourth-order valence-corrected chi connectivity index (χ4v) is 1.27. The molecule has 0 bridgehead atoms. The summed E-state index contributed by atoms with van der Waals surface area (Å²) < 4.78 is 0. The summed E-state index contributed by atoms with van der Waals surface area (Å²) in [5.74, 6) is -0.681. The highest BCUT2D eigenvalue weighted by atomic mass is 16.3. The first-order valence-corrected chi connectivity index (χ1v) is 4.78. The van der Waals surface area contributed by atoms with Gasteiger partial charge in [0.2, 0.25) is 5.91 Å². The molecule has 16 heavy (non-hydrogen) atoms. The monoisotopic (exact) mass is 225 g/mol. The highest BCUT2D eigenvalue weighted by molar-refractivity contribution is 5.74. The Morgan fingerprint density at radius 3 is 2.69 bits per heavy atom. The Morgan fingerprint density at radius 2 is 2.19 bits per heavy atom. The summed E-state index contributed by atoms with van der Waals surface area (Å²) in [7, 11) is 0. The molecule has 6 N–H and O–H groups in total. The number of nitrogen functional groups attached to an aromatic ring is 1. The predicted molar refractivity (Wildman–Crippen MR) is 58.2 cm³/mol. The maximum Gasteiger partial charge on any atom is 0.220 e. The van der Waals surface area contributed by atoms with Gasteiger partial charge in [-0.15, -0.1) is 0 Å². The van der Waals surface area contributed by atoms with E-state index in [-0.39, 0.29) is 6.42 Å². The van der Waals surface area contributed by atoms with Crippen molar-refractivity contribution in [3.8, 4) is 0 Å². The number of aliphatic hydroxyl groups is 2. The van der Waals surface area contributed by atoms with Crippen molar-refractivity contribution in [2.24, 2.45) is 5.73 Å². The van der Waals surface area contributed by atoms with Crippen molar-refractivity contribution >= 4 is 11.6 Å². The topological polar surface area (TPSA) is 122 Å². The molecule has 88 valence electrons. The molecule has 0 aromatic carbocycles. The third-order valence-corrected chi connectivity index (χ3v) is 2.26. The van der Waals surface area contributed by atoms with Gasteiger partial charge in [-0.3, -0.25) is 9.78 Å². The summed E-state index contributed by atoms with van der Waals surface area (Å²) in [4.78, 5) is 14.5. The molecule has 1 rings (SSSR count). The standard InChI is InChI=1S/C10H15N3O3/c1-5-7(11)2-6(4-13-5)10(16)8(14)3-9(12)15/h2,4,8,10,14,16H,3,11H2,1H3,(H2,12,15). The Balaban J connectivity index is 2.83. The van der Waals surface area contributed by atoms with Gasteiger partial charge in [0.1, 0.15) is 6.10 Å². The maximum atomic E-state index is 10.6. The number of nitrogens with two attached hydrogens (primary N) is 2. The van der Waals surface area contributed by atoms with E-state index in [0.717, 1.165) is 0 Å². The number of primary amides is 1. The minimum Gasteiger partial charge on any atom is -0.397 e. The van der Waals surface area contributed by atoms with E-state index in [0.29, 0.717) is 16.9 Å². The van der Waals surface area contributed by atoms with E-state index in [1.807, 2.05) is 0 Å². The van der Waals surface area contributed by atoms with Gasteiger partial charge in [0.15, 0.2) is 0 Å². The lowest BCUT2D eigenvalue weighted by Crippen LogP contribution is -2.25. The molecule has 0 aliphatic carbocycles.